The number of hydrogen-bond donors (Lipinski definition) is 1. The van der Waals surface area contributed by atoms with Gasteiger partial charge in [0.05, 0.1) is 29.5 Å². The van der Waals surface area contributed by atoms with Crippen molar-refractivity contribution >= 4 is 28.3 Å². The van der Waals surface area contributed by atoms with E-state index in [0.717, 1.165) is 35.2 Å². The van der Waals surface area contributed by atoms with E-state index in [0.29, 0.717) is 60.5 Å². The Hall–Kier alpha value is -4.24. The Kier molecular flexibility index (Phi) is 10.2. The van der Waals surface area contributed by atoms with Gasteiger partial charge in [-0.2, -0.15) is 5.10 Å². The SMILES string of the molecule is COCCOc1cc2nccc(Oc3ccc(CC(=O)Cc4cc(C(C)(C)C)nn4C4CCCCC4)cc3)c2cc1NC(C)=O. The zero-order valence-corrected chi connectivity index (χ0v) is 27.0. The third-order valence-corrected chi connectivity index (χ3v) is 8.09. The molecular formula is C36H44N4O5. The molecule has 1 amide bonds. The molecular weight excluding hydrogens is 568 g/mol. The van der Waals surface area contributed by atoms with Crippen LogP contribution in [0.1, 0.15) is 82.8 Å². The van der Waals surface area contributed by atoms with Gasteiger partial charge < -0.3 is 19.5 Å². The fourth-order valence-corrected chi connectivity index (χ4v) is 5.75. The van der Waals surface area contributed by atoms with E-state index in [2.05, 4.69) is 41.8 Å². The van der Waals surface area contributed by atoms with Gasteiger partial charge in [0.1, 0.15) is 29.6 Å². The summed E-state index contributed by atoms with van der Waals surface area (Å²) in [6, 6.07) is 15.5. The summed E-state index contributed by atoms with van der Waals surface area (Å²) in [5.41, 5.74) is 4.11. The van der Waals surface area contributed by atoms with Gasteiger partial charge in [0.25, 0.3) is 0 Å². The number of rotatable bonds is 12. The van der Waals surface area contributed by atoms with Crippen LogP contribution < -0.4 is 14.8 Å². The third kappa shape index (κ3) is 8.28. The fraction of sp³-hybridized carbons (Fsp3) is 0.444. The highest BCUT2D eigenvalue weighted by molar-refractivity contribution is 5.97. The number of pyridine rings is 1. The predicted octanol–water partition coefficient (Wildman–Crippen LogP) is 7.36. The Morgan fingerprint density at radius 2 is 1.71 bits per heavy atom. The van der Waals surface area contributed by atoms with E-state index in [4.69, 9.17) is 19.3 Å². The van der Waals surface area contributed by atoms with Crippen molar-refractivity contribution in [2.24, 2.45) is 0 Å². The first-order chi connectivity index (χ1) is 21.6. The van der Waals surface area contributed by atoms with Crippen LogP contribution in [0.5, 0.6) is 17.2 Å². The van der Waals surface area contributed by atoms with Crippen molar-refractivity contribution in [1.29, 1.82) is 0 Å². The molecule has 9 heteroatoms. The highest BCUT2D eigenvalue weighted by Gasteiger charge is 2.25. The monoisotopic (exact) mass is 612 g/mol. The molecule has 0 unspecified atom stereocenters. The second-order valence-corrected chi connectivity index (χ2v) is 12.8. The minimum absolute atomic E-state index is 0.0701. The quantitative estimate of drug-likeness (QED) is 0.167. The number of ketones is 1. The second-order valence-electron chi connectivity index (χ2n) is 12.8. The van der Waals surface area contributed by atoms with Crippen LogP contribution in [0, 0.1) is 0 Å². The second kappa shape index (κ2) is 14.2. The molecule has 1 saturated carbocycles. The van der Waals surface area contributed by atoms with Crippen LogP contribution >= 0.6 is 0 Å². The maximum atomic E-state index is 13.3. The summed E-state index contributed by atoms with van der Waals surface area (Å²) >= 11 is 0. The Labute approximate surface area is 265 Å². The Bertz CT molecular complexity index is 1630. The van der Waals surface area contributed by atoms with Crippen molar-refractivity contribution in [3.05, 3.63) is 71.7 Å². The highest BCUT2D eigenvalue weighted by Crippen LogP contribution is 2.36. The van der Waals surface area contributed by atoms with Crippen molar-refractivity contribution in [3.63, 3.8) is 0 Å². The minimum atomic E-state index is -0.212. The van der Waals surface area contributed by atoms with Crippen molar-refractivity contribution in [2.45, 2.75) is 84.1 Å². The lowest BCUT2D eigenvalue weighted by molar-refractivity contribution is -0.118. The lowest BCUT2D eigenvalue weighted by Crippen LogP contribution is -2.20. The third-order valence-electron chi connectivity index (χ3n) is 8.09. The molecule has 1 fully saturated rings. The molecule has 0 aliphatic heterocycles. The first kappa shape index (κ1) is 32.2. The lowest BCUT2D eigenvalue weighted by Gasteiger charge is -2.24. The standard InChI is InChI=1S/C36H44N4O5/c1-24(41)38-32-22-30-31(23-34(32)44-18-17-43-5)37-16-15-33(30)45-29-13-11-25(12-14-29)19-28(42)20-27-21-35(36(2,3)4)39-40(27)26-9-7-6-8-10-26/h11-16,21-23,26H,6-10,17-20H2,1-5H3,(H,38,41). The fourth-order valence-electron chi connectivity index (χ4n) is 5.75. The Morgan fingerprint density at radius 1 is 0.956 bits per heavy atom. The van der Waals surface area contributed by atoms with E-state index in [1.54, 1.807) is 31.5 Å². The molecule has 0 atom stereocenters. The van der Waals surface area contributed by atoms with Gasteiger partial charge in [0.15, 0.2) is 0 Å². The molecule has 45 heavy (non-hydrogen) atoms. The number of anilines is 1. The molecule has 1 N–H and O–H groups in total. The first-order valence-corrected chi connectivity index (χ1v) is 15.8. The predicted molar refractivity (Wildman–Crippen MR) is 175 cm³/mol. The molecule has 1 aliphatic carbocycles. The average Bonchev–Trinajstić information content (AvgIpc) is 3.43. The molecule has 2 aromatic heterocycles. The molecule has 0 radical (unpaired) electrons. The summed E-state index contributed by atoms with van der Waals surface area (Å²) in [5, 5.41) is 8.55. The molecule has 238 valence electrons. The van der Waals surface area contributed by atoms with E-state index < -0.39 is 0 Å². The van der Waals surface area contributed by atoms with Crippen molar-refractivity contribution < 1.29 is 23.8 Å². The van der Waals surface area contributed by atoms with Gasteiger partial charge in [0, 0.05) is 55.6 Å². The van der Waals surface area contributed by atoms with Crippen molar-refractivity contribution in [3.8, 4) is 17.2 Å². The number of aromatic nitrogens is 3. The normalized spacial score (nSPS) is 14.0. The molecule has 5 rings (SSSR count). The van der Waals surface area contributed by atoms with Crippen LogP contribution in [0.2, 0.25) is 0 Å². The summed E-state index contributed by atoms with van der Waals surface area (Å²) in [4.78, 5) is 29.6. The summed E-state index contributed by atoms with van der Waals surface area (Å²) in [6.07, 6.45) is 8.33. The number of Topliss-reactive ketones (excluding diaryl/α,β-unsaturated/α-hetero) is 1. The van der Waals surface area contributed by atoms with Gasteiger partial charge in [-0.25, -0.2) is 0 Å². The Morgan fingerprint density at radius 3 is 2.40 bits per heavy atom. The van der Waals surface area contributed by atoms with Crippen LogP contribution in [0.15, 0.2) is 54.7 Å². The summed E-state index contributed by atoms with van der Waals surface area (Å²) in [5.74, 6) is 1.67. The maximum absolute atomic E-state index is 13.3. The van der Waals surface area contributed by atoms with Gasteiger partial charge in [-0.15, -0.1) is 0 Å². The number of hydrogen-bond acceptors (Lipinski definition) is 7. The maximum Gasteiger partial charge on any atom is 0.221 e. The van der Waals surface area contributed by atoms with Gasteiger partial charge in [-0.05, 0) is 48.7 Å². The topological polar surface area (TPSA) is 105 Å². The van der Waals surface area contributed by atoms with E-state index in [-0.39, 0.29) is 17.1 Å². The van der Waals surface area contributed by atoms with Crippen LogP contribution in [0.25, 0.3) is 10.9 Å². The molecule has 0 spiro atoms. The molecule has 0 saturated heterocycles. The zero-order chi connectivity index (χ0) is 32.0. The number of methoxy groups -OCH3 is 1. The number of carbonyl (C=O) groups is 2. The Balaban J connectivity index is 1.29. The van der Waals surface area contributed by atoms with E-state index in [1.807, 2.05) is 24.3 Å². The molecule has 4 aromatic rings. The number of fused-ring (bicyclic) bond motifs is 1. The van der Waals surface area contributed by atoms with E-state index in [9.17, 15) is 9.59 Å². The summed E-state index contributed by atoms with van der Waals surface area (Å²) < 4.78 is 19.3. The molecule has 2 aromatic carbocycles. The molecule has 2 heterocycles. The number of carbonyl (C=O) groups excluding carboxylic acids is 2. The van der Waals surface area contributed by atoms with Gasteiger partial charge in [-0.1, -0.05) is 52.2 Å². The van der Waals surface area contributed by atoms with Gasteiger partial charge >= 0.3 is 0 Å². The number of benzene rings is 2. The summed E-state index contributed by atoms with van der Waals surface area (Å²) in [6.45, 7) is 8.71. The molecule has 0 bridgehead atoms. The van der Waals surface area contributed by atoms with Crippen LogP contribution in [0.3, 0.4) is 0 Å². The molecule has 1 aliphatic rings. The van der Waals surface area contributed by atoms with Gasteiger partial charge in [-0.3, -0.25) is 19.3 Å². The van der Waals surface area contributed by atoms with Crippen LogP contribution in [-0.4, -0.2) is 46.8 Å². The number of ether oxygens (including phenoxy) is 3. The van der Waals surface area contributed by atoms with Crippen LogP contribution in [-0.2, 0) is 32.6 Å². The largest absolute Gasteiger partial charge is 0.489 e. The minimum Gasteiger partial charge on any atom is -0.489 e. The van der Waals surface area contributed by atoms with Crippen molar-refractivity contribution in [1.82, 2.24) is 14.8 Å². The number of nitrogens with zero attached hydrogens (tertiary/aromatic N) is 3. The van der Waals surface area contributed by atoms with Crippen LogP contribution in [0.4, 0.5) is 5.69 Å². The first-order valence-electron chi connectivity index (χ1n) is 15.8. The van der Waals surface area contributed by atoms with E-state index in [1.165, 1.54) is 26.2 Å². The van der Waals surface area contributed by atoms with Crippen molar-refractivity contribution in [2.75, 3.05) is 25.6 Å². The average molecular weight is 613 g/mol. The van der Waals surface area contributed by atoms with Gasteiger partial charge in [0.2, 0.25) is 5.91 Å². The van der Waals surface area contributed by atoms with E-state index >= 15 is 0 Å². The summed E-state index contributed by atoms with van der Waals surface area (Å²) in [7, 11) is 1.60. The highest BCUT2D eigenvalue weighted by atomic mass is 16.5. The number of amides is 1. The lowest BCUT2D eigenvalue weighted by atomic mass is 9.92. The zero-order valence-electron chi connectivity index (χ0n) is 27.0. The smallest absolute Gasteiger partial charge is 0.221 e. The molecule has 9 nitrogen and oxygen atoms in total. The number of nitrogens with one attached hydrogen (secondary N) is 1.